The standard InChI is InChI=1S/C5H8F2O2/c1-3(5(8)9)2-4(6)7/h3-4H,2H2,1H3,(H,8,9)/t3-/m0/s1. The first-order chi connectivity index (χ1) is 4.04. The molecule has 54 valence electrons. The van der Waals surface area contributed by atoms with E-state index in [1.165, 1.54) is 6.92 Å². The summed E-state index contributed by atoms with van der Waals surface area (Å²) in [6.45, 7) is 1.26. The number of halogens is 2. The molecule has 0 radical (unpaired) electrons. The fourth-order valence-electron chi connectivity index (χ4n) is 0.368. The molecule has 0 fully saturated rings. The Morgan fingerprint density at radius 1 is 1.67 bits per heavy atom. The van der Waals surface area contributed by atoms with Gasteiger partial charge in [-0.1, -0.05) is 6.92 Å². The maximum atomic E-state index is 11.4. The third kappa shape index (κ3) is 3.88. The Morgan fingerprint density at radius 3 is 2.22 bits per heavy atom. The van der Waals surface area contributed by atoms with Crippen molar-refractivity contribution in [2.75, 3.05) is 0 Å². The van der Waals surface area contributed by atoms with Crippen LogP contribution in [0.1, 0.15) is 13.3 Å². The van der Waals surface area contributed by atoms with E-state index in [4.69, 9.17) is 5.11 Å². The van der Waals surface area contributed by atoms with Gasteiger partial charge in [0, 0.05) is 6.42 Å². The second kappa shape index (κ2) is 3.37. The summed E-state index contributed by atoms with van der Waals surface area (Å²) in [5.41, 5.74) is 0. The highest BCUT2D eigenvalue weighted by Gasteiger charge is 2.15. The van der Waals surface area contributed by atoms with Crippen molar-refractivity contribution in [3.8, 4) is 0 Å². The summed E-state index contributed by atoms with van der Waals surface area (Å²) in [6, 6.07) is 0. The Balaban J connectivity index is 3.50. The van der Waals surface area contributed by atoms with Gasteiger partial charge in [0.2, 0.25) is 6.43 Å². The van der Waals surface area contributed by atoms with Crippen LogP contribution in [-0.4, -0.2) is 17.5 Å². The van der Waals surface area contributed by atoms with Crippen LogP contribution < -0.4 is 0 Å². The highest BCUT2D eigenvalue weighted by Crippen LogP contribution is 2.09. The monoisotopic (exact) mass is 138 g/mol. The quantitative estimate of drug-likeness (QED) is 0.639. The van der Waals surface area contributed by atoms with Crippen molar-refractivity contribution >= 4 is 5.97 Å². The lowest BCUT2D eigenvalue weighted by Gasteiger charge is -2.02. The maximum Gasteiger partial charge on any atom is 0.306 e. The normalized spacial score (nSPS) is 13.8. The van der Waals surface area contributed by atoms with Crippen LogP contribution in [-0.2, 0) is 4.79 Å². The fraction of sp³-hybridized carbons (Fsp3) is 0.800. The van der Waals surface area contributed by atoms with E-state index in [0.717, 1.165) is 0 Å². The molecule has 0 rings (SSSR count). The van der Waals surface area contributed by atoms with Crippen LogP contribution in [0.4, 0.5) is 8.78 Å². The van der Waals surface area contributed by atoms with E-state index in [1.54, 1.807) is 0 Å². The summed E-state index contributed by atoms with van der Waals surface area (Å²) in [5, 5.41) is 8.10. The zero-order chi connectivity index (χ0) is 7.44. The predicted molar refractivity (Wildman–Crippen MR) is 27.4 cm³/mol. The Bertz CT molecular complexity index is 103. The van der Waals surface area contributed by atoms with Crippen molar-refractivity contribution in [2.45, 2.75) is 19.8 Å². The smallest absolute Gasteiger partial charge is 0.306 e. The molecule has 0 unspecified atom stereocenters. The van der Waals surface area contributed by atoms with Crippen LogP contribution in [0.5, 0.6) is 0 Å². The van der Waals surface area contributed by atoms with Gasteiger partial charge in [0.15, 0.2) is 0 Å². The minimum Gasteiger partial charge on any atom is -0.481 e. The summed E-state index contributed by atoms with van der Waals surface area (Å²) in [4.78, 5) is 9.90. The number of hydrogen-bond donors (Lipinski definition) is 1. The molecule has 0 aromatic heterocycles. The van der Waals surface area contributed by atoms with Crippen molar-refractivity contribution < 1.29 is 18.7 Å². The molecule has 0 aliphatic heterocycles. The molecule has 9 heavy (non-hydrogen) atoms. The lowest BCUT2D eigenvalue weighted by molar-refractivity contribution is -0.142. The molecule has 0 amide bonds. The largest absolute Gasteiger partial charge is 0.481 e. The van der Waals surface area contributed by atoms with Crippen molar-refractivity contribution in [3.05, 3.63) is 0 Å². The van der Waals surface area contributed by atoms with E-state index in [1.807, 2.05) is 0 Å². The third-order valence-electron chi connectivity index (χ3n) is 0.953. The molecule has 1 atom stereocenters. The molecule has 0 aliphatic rings. The highest BCUT2D eigenvalue weighted by atomic mass is 19.3. The lowest BCUT2D eigenvalue weighted by atomic mass is 10.1. The maximum absolute atomic E-state index is 11.4. The number of hydrogen-bond acceptors (Lipinski definition) is 1. The van der Waals surface area contributed by atoms with Gasteiger partial charge in [-0.2, -0.15) is 0 Å². The van der Waals surface area contributed by atoms with E-state index < -0.39 is 24.7 Å². The summed E-state index contributed by atoms with van der Waals surface area (Å²) in [6.07, 6.45) is -3.08. The van der Waals surface area contributed by atoms with E-state index in [0.29, 0.717) is 0 Å². The van der Waals surface area contributed by atoms with Crippen molar-refractivity contribution in [1.82, 2.24) is 0 Å². The summed E-state index contributed by atoms with van der Waals surface area (Å²) < 4.78 is 22.8. The second-order valence-corrected chi connectivity index (χ2v) is 1.87. The topological polar surface area (TPSA) is 37.3 Å². The number of carboxylic acids is 1. The average molecular weight is 138 g/mol. The van der Waals surface area contributed by atoms with E-state index in [-0.39, 0.29) is 0 Å². The zero-order valence-corrected chi connectivity index (χ0v) is 4.97. The number of carboxylic acid groups (broad SMARTS) is 1. The Labute approximate surface area is 51.5 Å². The number of aliphatic carboxylic acids is 1. The van der Waals surface area contributed by atoms with Gasteiger partial charge in [0.25, 0.3) is 0 Å². The molecule has 4 heteroatoms. The zero-order valence-electron chi connectivity index (χ0n) is 4.97. The van der Waals surface area contributed by atoms with Gasteiger partial charge in [0.1, 0.15) is 0 Å². The average Bonchev–Trinajstić information content (AvgIpc) is 1.63. The predicted octanol–water partition coefficient (Wildman–Crippen LogP) is 1.36. The molecule has 0 saturated heterocycles. The molecule has 0 heterocycles. The van der Waals surface area contributed by atoms with Crippen LogP contribution in [0, 0.1) is 5.92 Å². The third-order valence-corrected chi connectivity index (χ3v) is 0.953. The van der Waals surface area contributed by atoms with Gasteiger partial charge in [-0.05, 0) is 0 Å². The molecular formula is C5H8F2O2. The van der Waals surface area contributed by atoms with Crippen molar-refractivity contribution in [1.29, 1.82) is 0 Å². The number of rotatable bonds is 3. The number of alkyl halides is 2. The lowest BCUT2D eigenvalue weighted by Crippen LogP contribution is -2.12. The van der Waals surface area contributed by atoms with Gasteiger partial charge in [0.05, 0.1) is 5.92 Å². The van der Waals surface area contributed by atoms with Gasteiger partial charge in [-0.25, -0.2) is 8.78 Å². The molecule has 0 aromatic carbocycles. The van der Waals surface area contributed by atoms with Crippen molar-refractivity contribution in [3.63, 3.8) is 0 Å². The molecule has 0 spiro atoms. The first kappa shape index (κ1) is 8.33. The molecule has 1 N–H and O–H groups in total. The van der Waals surface area contributed by atoms with Crippen LogP contribution in [0.25, 0.3) is 0 Å². The Kier molecular flexibility index (Phi) is 3.12. The minimum atomic E-state index is -2.52. The summed E-state index contributed by atoms with van der Waals surface area (Å²) in [5.74, 6) is -2.11. The Hall–Kier alpha value is -0.670. The summed E-state index contributed by atoms with van der Waals surface area (Å²) in [7, 11) is 0. The molecule has 0 bridgehead atoms. The van der Waals surface area contributed by atoms with Gasteiger partial charge >= 0.3 is 5.97 Å². The van der Waals surface area contributed by atoms with Crippen LogP contribution in [0.2, 0.25) is 0 Å². The Morgan fingerprint density at radius 2 is 2.11 bits per heavy atom. The fourth-order valence-corrected chi connectivity index (χ4v) is 0.368. The number of carbonyl (C=O) groups is 1. The first-order valence-corrected chi connectivity index (χ1v) is 2.55. The molecule has 0 aromatic rings. The van der Waals surface area contributed by atoms with Gasteiger partial charge < -0.3 is 5.11 Å². The van der Waals surface area contributed by atoms with Crippen molar-refractivity contribution in [2.24, 2.45) is 5.92 Å². The molecule has 0 aliphatic carbocycles. The van der Waals surface area contributed by atoms with E-state index >= 15 is 0 Å². The van der Waals surface area contributed by atoms with E-state index in [2.05, 4.69) is 0 Å². The molecule has 2 nitrogen and oxygen atoms in total. The minimum absolute atomic E-state index is 0.560. The van der Waals surface area contributed by atoms with Crippen LogP contribution in [0.3, 0.4) is 0 Å². The second-order valence-electron chi connectivity index (χ2n) is 1.87. The molecule has 0 saturated carbocycles. The van der Waals surface area contributed by atoms with Gasteiger partial charge in [-0.15, -0.1) is 0 Å². The highest BCUT2D eigenvalue weighted by molar-refractivity contribution is 5.69. The van der Waals surface area contributed by atoms with Crippen LogP contribution >= 0.6 is 0 Å². The van der Waals surface area contributed by atoms with E-state index in [9.17, 15) is 13.6 Å². The molecular weight excluding hydrogens is 130 g/mol. The SMILES string of the molecule is C[C@@H](CC(F)F)C(=O)O. The van der Waals surface area contributed by atoms with Crippen LogP contribution in [0.15, 0.2) is 0 Å². The first-order valence-electron chi connectivity index (χ1n) is 2.55. The summed E-state index contributed by atoms with van der Waals surface area (Å²) >= 11 is 0. The van der Waals surface area contributed by atoms with Gasteiger partial charge in [-0.3, -0.25) is 4.79 Å².